The van der Waals surface area contributed by atoms with Crippen LogP contribution in [-0.2, 0) is 6.18 Å². The van der Waals surface area contributed by atoms with Crippen LogP contribution in [0, 0.1) is 6.92 Å². The van der Waals surface area contributed by atoms with Crippen LogP contribution >= 0.6 is 0 Å². The molecule has 174 valence electrons. The molecule has 2 amide bonds. The number of carbonyl (C=O) groups is 2. The Balaban J connectivity index is 1.45. The molecule has 0 bridgehead atoms. The van der Waals surface area contributed by atoms with Crippen molar-refractivity contribution in [3.63, 3.8) is 0 Å². The minimum Gasteiger partial charge on any atom is -0.504 e. The molecular weight excluding hydrogens is 455 g/mol. The van der Waals surface area contributed by atoms with E-state index in [2.05, 4.69) is 26.0 Å². The minimum atomic E-state index is -4.53. The molecule has 0 radical (unpaired) electrons. The molecule has 10 nitrogen and oxygen atoms in total. The molecule has 4 rings (SSSR count). The van der Waals surface area contributed by atoms with Gasteiger partial charge in [0.2, 0.25) is 0 Å². The third-order valence-electron chi connectivity index (χ3n) is 4.77. The maximum absolute atomic E-state index is 12.7. The normalized spacial score (nSPS) is 11.3. The van der Waals surface area contributed by atoms with Gasteiger partial charge in [0, 0.05) is 6.20 Å². The third kappa shape index (κ3) is 4.44. The quantitative estimate of drug-likeness (QED) is 0.393. The Kier molecular flexibility index (Phi) is 5.75. The number of hydrazine groups is 1. The molecule has 13 heteroatoms. The van der Waals surface area contributed by atoms with Crippen molar-refractivity contribution in [1.82, 2.24) is 35.4 Å². The van der Waals surface area contributed by atoms with Crippen LogP contribution in [0.1, 0.15) is 32.1 Å². The number of rotatable bonds is 4. The smallest absolute Gasteiger partial charge is 0.417 e. The van der Waals surface area contributed by atoms with Gasteiger partial charge in [0.25, 0.3) is 11.8 Å². The van der Waals surface area contributed by atoms with E-state index in [1.165, 1.54) is 28.7 Å². The van der Waals surface area contributed by atoms with Gasteiger partial charge in [-0.2, -0.15) is 23.4 Å². The predicted octanol–water partition coefficient (Wildman–Crippen LogP) is 2.56. The molecule has 0 fully saturated rings. The Bertz CT molecular complexity index is 1350. The number of hydrogen-bond donors (Lipinski definition) is 3. The molecule has 0 unspecified atom stereocenters. The lowest BCUT2D eigenvalue weighted by molar-refractivity contribution is -0.137. The van der Waals surface area contributed by atoms with Crippen molar-refractivity contribution in [3.8, 4) is 17.3 Å². The van der Waals surface area contributed by atoms with E-state index in [4.69, 9.17) is 0 Å². The zero-order chi connectivity index (χ0) is 24.5. The Hall–Kier alpha value is -4.68. The van der Waals surface area contributed by atoms with Crippen molar-refractivity contribution in [2.75, 3.05) is 0 Å². The van der Waals surface area contributed by atoms with Crippen LogP contribution in [0.4, 0.5) is 13.2 Å². The Labute approximate surface area is 189 Å². The van der Waals surface area contributed by atoms with E-state index >= 15 is 0 Å². The second-order valence-electron chi connectivity index (χ2n) is 7.01. The number of benzene rings is 1. The molecular formula is C21H16F3N7O3. The van der Waals surface area contributed by atoms with Crippen molar-refractivity contribution in [1.29, 1.82) is 0 Å². The maximum Gasteiger partial charge on any atom is 0.417 e. The van der Waals surface area contributed by atoms with E-state index in [1.807, 2.05) is 0 Å². The highest BCUT2D eigenvalue weighted by molar-refractivity contribution is 5.99. The summed E-state index contributed by atoms with van der Waals surface area (Å²) in [6, 6.07) is 10.7. The van der Waals surface area contributed by atoms with Crippen molar-refractivity contribution < 1.29 is 27.9 Å². The highest BCUT2D eigenvalue weighted by atomic mass is 19.4. The highest BCUT2D eigenvalue weighted by Crippen LogP contribution is 2.28. The number of hydrogen-bond acceptors (Lipinski definition) is 6. The Morgan fingerprint density at radius 1 is 1.00 bits per heavy atom. The fraction of sp³-hybridized carbons (Fsp3) is 0.0952. The molecule has 34 heavy (non-hydrogen) atoms. The number of alkyl halides is 3. The summed E-state index contributed by atoms with van der Waals surface area (Å²) >= 11 is 0. The first-order valence-corrected chi connectivity index (χ1v) is 9.68. The average Bonchev–Trinajstić information content (AvgIpc) is 3.40. The topological polar surface area (TPSA) is 127 Å². The van der Waals surface area contributed by atoms with Gasteiger partial charge in [-0.3, -0.25) is 20.4 Å². The number of aromatic hydroxyl groups is 1. The van der Waals surface area contributed by atoms with Crippen LogP contribution in [0.15, 0.2) is 61.1 Å². The lowest BCUT2D eigenvalue weighted by atomic mass is 10.2. The first-order valence-electron chi connectivity index (χ1n) is 9.68. The van der Waals surface area contributed by atoms with Gasteiger partial charge in [-0.1, -0.05) is 18.2 Å². The van der Waals surface area contributed by atoms with Crippen LogP contribution in [0.25, 0.3) is 11.5 Å². The van der Waals surface area contributed by atoms with Gasteiger partial charge in [0.05, 0.1) is 34.9 Å². The standard InChI is InChI=1S/C21H16F3N7O3/c1-12-15(10-26-31(12)17-8-7-13(9-25-17)21(22,23)24)19(33)27-28-20(34)18-16(32)11-30(29-18)14-5-3-2-4-6-14/h2-11,32H,1H3,(H,27,33)(H,28,34). The second kappa shape index (κ2) is 8.69. The molecule has 3 aromatic heterocycles. The van der Waals surface area contributed by atoms with Crippen LogP contribution in [0.3, 0.4) is 0 Å². The molecule has 0 aliphatic heterocycles. The lowest BCUT2D eigenvalue weighted by Gasteiger charge is -2.09. The number of para-hydroxylation sites is 1. The summed E-state index contributed by atoms with van der Waals surface area (Å²) in [5.41, 5.74) is 4.03. The number of pyridine rings is 1. The zero-order valence-electron chi connectivity index (χ0n) is 17.4. The van der Waals surface area contributed by atoms with E-state index in [-0.39, 0.29) is 22.8 Å². The molecule has 0 atom stereocenters. The molecule has 1 aromatic carbocycles. The van der Waals surface area contributed by atoms with E-state index in [0.29, 0.717) is 11.9 Å². The number of halogens is 3. The summed E-state index contributed by atoms with van der Waals surface area (Å²) in [6.45, 7) is 1.51. The number of amides is 2. The number of nitrogens with zero attached hydrogens (tertiary/aromatic N) is 5. The molecule has 0 aliphatic rings. The first kappa shape index (κ1) is 22.5. The lowest BCUT2D eigenvalue weighted by Crippen LogP contribution is -2.42. The zero-order valence-corrected chi connectivity index (χ0v) is 17.4. The molecule has 0 saturated heterocycles. The second-order valence-corrected chi connectivity index (χ2v) is 7.01. The van der Waals surface area contributed by atoms with Gasteiger partial charge >= 0.3 is 6.18 Å². The van der Waals surface area contributed by atoms with Gasteiger partial charge in [0.15, 0.2) is 17.3 Å². The fourth-order valence-corrected chi connectivity index (χ4v) is 3.02. The maximum atomic E-state index is 12.7. The highest BCUT2D eigenvalue weighted by Gasteiger charge is 2.31. The summed E-state index contributed by atoms with van der Waals surface area (Å²) in [5, 5.41) is 18.0. The van der Waals surface area contributed by atoms with Gasteiger partial charge in [-0.15, -0.1) is 0 Å². The van der Waals surface area contributed by atoms with Crippen molar-refractivity contribution >= 4 is 11.8 Å². The fourth-order valence-electron chi connectivity index (χ4n) is 3.02. The summed E-state index contributed by atoms with van der Waals surface area (Å²) in [7, 11) is 0. The van der Waals surface area contributed by atoms with Gasteiger partial charge in [0.1, 0.15) is 0 Å². The molecule has 3 N–H and O–H groups in total. The minimum absolute atomic E-state index is 0.0426. The first-order chi connectivity index (χ1) is 16.1. The number of carbonyl (C=O) groups excluding carboxylic acids is 2. The summed E-state index contributed by atoms with van der Waals surface area (Å²) < 4.78 is 40.7. The average molecular weight is 471 g/mol. The van der Waals surface area contributed by atoms with E-state index in [9.17, 15) is 27.9 Å². The van der Waals surface area contributed by atoms with Gasteiger partial charge < -0.3 is 5.11 Å². The van der Waals surface area contributed by atoms with Gasteiger partial charge in [-0.25, -0.2) is 14.3 Å². The largest absolute Gasteiger partial charge is 0.504 e. The molecule has 3 heterocycles. The van der Waals surface area contributed by atoms with Crippen LogP contribution in [0.5, 0.6) is 5.75 Å². The number of aromatic nitrogens is 5. The summed E-state index contributed by atoms with van der Waals surface area (Å²) in [6.07, 6.45) is -1.44. The third-order valence-corrected chi connectivity index (χ3v) is 4.77. The predicted molar refractivity (Wildman–Crippen MR) is 111 cm³/mol. The summed E-state index contributed by atoms with van der Waals surface area (Å²) in [5.74, 6) is -1.93. The van der Waals surface area contributed by atoms with Gasteiger partial charge in [-0.05, 0) is 31.2 Å². The van der Waals surface area contributed by atoms with Crippen molar-refractivity contribution in [2.45, 2.75) is 13.1 Å². The number of nitrogens with one attached hydrogen (secondary N) is 2. The Morgan fingerprint density at radius 2 is 1.71 bits per heavy atom. The van der Waals surface area contributed by atoms with Crippen LogP contribution < -0.4 is 10.9 Å². The monoisotopic (exact) mass is 471 g/mol. The van der Waals surface area contributed by atoms with Crippen LogP contribution in [-0.4, -0.2) is 41.5 Å². The van der Waals surface area contributed by atoms with E-state index < -0.39 is 29.3 Å². The van der Waals surface area contributed by atoms with E-state index in [1.54, 1.807) is 30.3 Å². The summed E-state index contributed by atoms with van der Waals surface area (Å²) in [4.78, 5) is 28.6. The molecule has 0 saturated carbocycles. The molecule has 0 aliphatic carbocycles. The SMILES string of the molecule is Cc1c(C(=O)NNC(=O)c2nn(-c3ccccc3)cc2O)cnn1-c1ccc(C(F)(F)F)cn1. The molecule has 0 spiro atoms. The van der Waals surface area contributed by atoms with E-state index in [0.717, 1.165) is 12.1 Å². The van der Waals surface area contributed by atoms with Crippen molar-refractivity contribution in [3.05, 3.63) is 83.6 Å². The van der Waals surface area contributed by atoms with Crippen LogP contribution in [0.2, 0.25) is 0 Å². The molecule has 4 aromatic rings. The van der Waals surface area contributed by atoms with Crippen molar-refractivity contribution in [2.24, 2.45) is 0 Å². The Morgan fingerprint density at radius 3 is 2.35 bits per heavy atom.